The first-order valence-corrected chi connectivity index (χ1v) is 10.6. The molecular formula is C23H27N7O. The Bertz CT molecular complexity index is 1280. The van der Waals surface area contributed by atoms with E-state index >= 15 is 0 Å². The molecule has 0 fully saturated rings. The second kappa shape index (κ2) is 7.70. The maximum Gasteiger partial charge on any atom is 0.219 e. The molecule has 0 spiro atoms. The summed E-state index contributed by atoms with van der Waals surface area (Å²) >= 11 is 0. The van der Waals surface area contributed by atoms with E-state index in [0.29, 0.717) is 6.61 Å². The van der Waals surface area contributed by atoms with Crippen molar-refractivity contribution < 1.29 is 4.74 Å². The molecule has 5 rings (SSSR count). The summed E-state index contributed by atoms with van der Waals surface area (Å²) in [5.74, 6) is 0.776. The van der Waals surface area contributed by atoms with Crippen LogP contribution in [-0.4, -0.2) is 54.9 Å². The van der Waals surface area contributed by atoms with Crippen molar-refractivity contribution >= 4 is 23.1 Å². The SMILES string of the molecule is CCc1nn(C)c2c1/C=C/c1[nH]nc3ccc(cc13)-c1cnn(C)c1OCCN(C)C2. The maximum atomic E-state index is 6.19. The molecule has 0 saturated carbocycles. The van der Waals surface area contributed by atoms with E-state index in [0.717, 1.165) is 58.8 Å². The number of hydrogen-bond donors (Lipinski definition) is 1. The minimum atomic E-state index is 0.575. The lowest BCUT2D eigenvalue weighted by atomic mass is 10.0. The molecule has 3 aromatic heterocycles. The van der Waals surface area contributed by atoms with Gasteiger partial charge in [-0.05, 0) is 43.3 Å². The van der Waals surface area contributed by atoms with Crippen LogP contribution in [0.1, 0.15) is 29.6 Å². The van der Waals surface area contributed by atoms with Crippen LogP contribution in [0.15, 0.2) is 24.4 Å². The monoisotopic (exact) mass is 417 g/mol. The van der Waals surface area contributed by atoms with Crippen molar-refractivity contribution in [3.05, 3.63) is 47.0 Å². The molecule has 1 aromatic carbocycles. The number of fused-ring (bicyclic) bond motifs is 4. The zero-order chi connectivity index (χ0) is 21.5. The summed E-state index contributed by atoms with van der Waals surface area (Å²) in [5.41, 5.74) is 7.43. The lowest BCUT2D eigenvalue weighted by Gasteiger charge is -2.18. The van der Waals surface area contributed by atoms with Crippen molar-refractivity contribution in [3.8, 4) is 17.0 Å². The largest absolute Gasteiger partial charge is 0.476 e. The molecule has 4 heterocycles. The number of ether oxygens (including phenoxy) is 1. The average Bonchev–Trinajstić information content (AvgIpc) is 3.42. The van der Waals surface area contributed by atoms with Crippen LogP contribution < -0.4 is 4.74 Å². The fourth-order valence-corrected chi connectivity index (χ4v) is 4.20. The highest BCUT2D eigenvalue weighted by molar-refractivity contribution is 5.93. The molecule has 8 nitrogen and oxygen atoms in total. The Morgan fingerprint density at radius 3 is 2.84 bits per heavy atom. The van der Waals surface area contributed by atoms with E-state index in [9.17, 15) is 0 Å². The van der Waals surface area contributed by atoms with Gasteiger partial charge in [0.25, 0.3) is 0 Å². The Kier molecular flexibility index (Phi) is 4.86. The molecule has 1 N–H and O–H groups in total. The fourth-order valence-electron chi connectivity index (χ4n) is 4.20. The molecule has 8 heteroatoms. The summed E-state index contributed by atoms with van der Waals surface area (Å²) in [6.45, 7) is 4.30. The normalized spacial score (nSPS) is 15.9. The molecule has 160 valence electrons. The van der Waals surface area contributed by atoms with Crippen LogP contribution in [0.5, 0.6) is 5.88 Å². The Hall–Kier alpha value is -3.39. The molecule has 4 aromatic rings. The highest BCUT2D eigenvalue weighted by atomic mass is 16.5. The molecule has 0 aliphatic carbocycles. The van der Waals surface area contributed by atoms with Crippen LogP contribution in [0.4, 0.5) is 0 Å². The number of nitrogens with one attached hydrogen (secondary N) is 1. The van der Waals surface area contributed by atoms with Gasteiger partial charge in [0.1, 0.15) is 6.61 Å². The van der Waals surface area contributed by atoms with Crippen molar-refractivity contribution in [1.82, 2.24) is 34.7 Å². The summed E-state index contributed by atoms with van der Waals surface area (Å²) in [7, 11) is 6.04. The standard InChI is InChI=1S/C23H27N7O/c1-5-19-16-7-9-21-17-12-15(6-8-20(17)25-26-21)18-13-24-30(4)23(18)31-11-10-28(2)14-22(16)29(3)27-19/h6-9,12-13H,5,10-11,14H2,1-4H3,(H,25,26)/b9-7+. The average molecular weight is 418 g/mol. The zero-order valence-electron chi connectivity index (χ0n) is 18.4. The minimum Gasteiger partial charge on any atom is -0.476 e. The van der Waals surface area contributed by atoms with Crippen molar-refractivity contribution in [2.75, 3.05) is 20.2 Å². The van der Waals surface area contributed by atoms with Gasteiger partial charge in [-0.25, -0.2) is 4.68 Å². The number of rotatable bonds is 1. The number of hydrogen-bond acceptors (Lipinski definition) is 5. The van der Waals surface area contributed by atoms with Crippen molar-refractivity contribution in [3.63, 3.8) is 0 Å². The van der Waals surface area contributed by atoms with E-state index in [2.05, 4.69) is 58.5 Å². The molecule has 0 unspecified atom stereocenters. The van der Waals surface area contributed by atoms with Crippen LogP contribution in [0.2, 0.25) is 0 Å². The minimum absolute atomic E-state index is 0.575. The Labute approximate surface area is 181 Å². The van der Waals surface area contributed by atoms with Gasteiger partial charge in [-0.2, -0.15) is 15.3 Å². The quantitative estimate of drug-likeness (QED) is 0.514. The summed E-state index contributed by atoms with van der Waals surface area (Å²) in [5, 5.41) is 17.9. The maximum absolute atomic E-state index is 6.19. The van der Waals surface area contributed by atoms with Crippen LogP contribution >= 0.6 is 0 Å². The molecule has 0 amide bonds. The molecule has 0 saturated heterocycles. The Morgan fingerprint density at radius 1 is 1.13 bits per heavy atom. The highest BCUT2D eigenvalue weighted by Crippen LogP contribution is 2.33. The summed E-state index contributed by atoms with van der Waals surface area (Å²) in [6.07, 6.45) is 7.03. The van der Waals surface area contributed by atoms with Gasteiger partial charge in [-0.3, -0.25) is 14.7 Å². The number of aromatic nitrogens is 6. The van der Waals surface area contributed by atoms with E-state index in [1.807, 2.05) is 31.0 Å². The van der Waals surface area contributed by atoms with Crippen molar-refractivity contribution in [2.24, 2.45) is 14.1 Å². The van der Waals surface area contributed by atoms with Gasteiger partial charge in [0.15, 0.2) is 0 Å². The van der Waals surface area contributed by atoms with Gasteiger partial charge in [-0.15, -0.1) is 0 Å². The van der Waals surface area contributed by atoms with Crippen LogP contribution in [0, 0.1) is 0 Å². The van der Waals surface area contributed by atoms with E-state index < -0.39 is 0 Å². The summed E-state index contributed by atoms with van der Waals surface area (Å²) < 4.78 is 9.98. The van der Waals surface area contributed by atoms with Gasteiger partial charge < -0.3 is 4.74 Å². The fraction of sp³-hybridized carbons (Fsp3) is 0.348. The molecule has 0 atom stereocenters. The summed E-state index contributed by atoms with van der Waals surface area (Å²) in [4.78, 5) is 2.26. The number of likely N-dealkylation sites (N-methyl/N-ethyl adjacent to an activating group) is 1. The first-order valence-electron chi connectivity index (χ1n) is 10.6. The third-order valence-electron chi connectivity index (χ3n) is 5.95. The smallest absolute Gasteiger partial charge is 0.219 e. The second-order valence-corrected chi connectivity index (χ2v) is 8.06. The zero-order valence-corrected chi connectivity index (χ0v) is 18.4. The van der Waals surface area contributed by atoms with Crippen LogP contribution in [0.25, 0.3) is 34.2 Å². The number of benzene rings is 1. The second-order valence-electron chi connectivity index (χ2n) is 8.06. The van der Waals surface area contributed by atoms with Gasteiger partial charge in [0.05, 0.1) is 34.4 Å². The van der Waals surface area contributed by atoms with Crippen molar-refractivity contribution in [2.45, 2.75) is 19.9 Å². The van der Waals surface area contributed by atoms with E-state index in [1.54, 1.807) is 4.68 Å². The predicted octanol–water partition coefficient (Wildman–Crippen LogP) is 3.25. The van der Waals surface area contributed by atoms with Crippen LogP contribution in [0.3, 0.4) is 0 Å². The Balaban J connectivity index is 1.68. The van der Waals surface area contributed by atoms with Gasteiger partial charge >= 0.3 is 0 Å². The third kappa shape index (κ3) is 3.42. The molecule has 1 aliphatic rings. The molecular weight excluding hydrogens is 390 g/mol. The third-order valence-corrected chi connectivity index (χ3v) is 5.95. The van der Waals surface area contributed by atoms with Gasteiger partial charge in [0, 0.05) is 38.1 Å². The van der Waals surface area contributed by atoms with E-state index in [1.165, 1.54) is 11.3 Å². The molecule has 0 radical (unpaired) electrons. The van der Waals surface area contributed by atoms with E-state index in [-0.39, 0.29) is 0 Å². The highest BCUT2D eigenvalue weighted by Gasteiger charge is 2.18. The predicted molar refractivity (Wildman–Crippen MR) is 122 cm³/mol. The van der Waals surface area contributed by atoms with E-state index in [4.69, 9.17) is 9.84 Å². The molecule has 2 bridgehead atoms. The van der Waals surface area contributed by atoms with Gasteiger partial charge in [0.2, 0.25) is 5.88 Å². The van der Waals surface area contributed by atoms with Gasteiger partial charge in [-0.1, -0.05) is 13.0 Å². The first-order chi connectivity index (χ1) is 15.0. The first kappa shape index (κ1) is 19.6. The van der Waals surface area contributed by atoms with Crippen molar-refractivity contribution in [1.29, 1.82) is 0 Å². The molecule has 1 aliphatic heterocycles. The lowest BCUT2D eigenvalue weighted by molar-refractivity contribution is 0.218. The molecule has 31 heavy (non-hydrogen) atoms. The topological polar surface area (TPSA) is 76.8 Å². The number of aryl methyl sites for hydroxylation is 3. The van der Waals surface area contributed by atoms with Crippen LogP contribution in [-0.2, 0) is 27.1 Å². The lowest BCUT2D eigenvalue weighted by Crippen LogP contribution is -2.25. The summed E-state index contributed by atoms with van der Waals surface area (Å²) in [6, 6.07) is 6.26. The number of nitrogens with zero attached hydrogens (tertiary/aromatic N) is 6. The Morgan fingerprint density at radius 2 is 2.00 bits per heavy atom. The number of aromatic amines is 1. The number of H-pyrrole nitrogens is 1.